The van der Waals surface area contributed by atoms with Crippen molar-refractivity contribution in [1.29, 1.82) is 0 Å². The van der Waals surface area contributed by atoms with Crippen LogP contribution >= 0.6 is 0 Å². The summed E-state index contributed by atoms with van der Waals surface area (Å²) >= 11 is 0. The first-order chi connectivity index (χ1) is 12.7. The van der Waals surface area contributed by atoms with E-state index in [1.54, 1.807) is 19.2 Å². The topological polar surface area (TPSA) is 110 Å². The minimum Gasteiger partial charge on any atom is -0.465 e. The van der Waals surface area contributed by atoms with E-state index in [-0.39, 0.29) is 23.5 Å². The van der Waals surface area contributed by atoms with Crippen LogP contribution in [0.4, 0.5) is 5.69 Å². The number of methoxy groups -OCH3 is 1. The number of anilines is 1. The molecule has 0 radical (unpaired) electrons. The van der Waals surface area contributed by atoms with E-state index in [1.807, 2.05) is 0 Å². The maximum atomic E-state index is 12.8. The number of nitrogens with zero attached hydrogens (tertiary/aromatic N) is 1. The van der Waals surface area contributed by atoms with E-state index < -0.39 is 27.1 Å². The van der Waals surface area contributed by atoms with Crippen molar-refractivity contribution in [1.82, 2.24) is 4.90 Å². The normalized spacial score (nSPS) is 21.9. The van der Waals surface area contributed by atoms with Gasteiger partial charge in [-0.3, -0.25) is 9.59 Å². The van der Waals surface area contributed by atoms with Gasteiger partial charge in [-0.1, -0.05) is 0 Å². The smallest absolute Gasteiger partial charge is 0.337 e. The minimum atomic E-state index is -3.11. The molecule has 27 heavy (non-hydrogen) atoms. The van der Waals surface area contributed by atoms with Gasteiger partial charge in [-0.2, -0.15) is 0 Å². The molecule has 1 N–H and O–H groups in total. The fourth-order valence-electron chi connectivity index (χ4n) is 3.31. The molecule has 3 rings (SSSR count). The van der Waals surface area contributed by atoms with Crippen molar-refractivity contribution in [2.24, 2.45) is 5.41 Å². The molecule has 146 valence electrons. The summed E-state index contributed by atoms with van der Waals surface area (Å²) in [6.45, 7) is 0. The predicted octanol–water partition coefficient (Wildman–Crippen LogP) is 0.837. The van der Waals surface area contributed by atoms with Crippen molar-refractivity contribution >= 4 is 33.3 Å². The fraction of sp³-hybridized carbons (Fsp3) is 0.500. The quantitative estimate of drug-likeness (QED) is 0.585. The summed E-state index contributed by atoms with van der Waals surface area (Å²) in [7, 11) is -0.267. The molecule has 1 saturated carbocycles. The first-order valence-corrected chi connectivity index (χ1v) is 10.5. The van der Waals surface area contributed by atoms with Crippen molar-refractivity contribution in [2.75, 3.05) is 31.0 Å². The third kappa shape index (κ3) is 3.83. The Bertz CT molecular complexity index is 874. The van der Waals surface area contributed by atoms with E-state index in [9.17, 15) is 22.8 Å². The third-order valence-electron chi connectivity index (χ3n) is 5.23. The van der Waals surface area contributed by atoms with Crippen LogP contribution in [0.1, 0.15) is 29.6 Å². The zero-order chi connectivity index (χ0) is 19.8. The van der Waals surface area contributed by atoms with Crippen molar-refractivity contribution in [3.8, 4) is 0 Å². The van der Waals surface area contributed by atoms with Crippen molar-refractivity contribution in [3.05, 3.63) is 29.8 Å². The molecule has 0 aromatic heterocycles. The van der Waals surface area contributed by atoms with E-state index >= 15 is 0 Å². The molecule has 2 amide bonds. The van der Waals surface area contributed by atoms with Crippen molar-refractivity contribution < 1.29 is 27.5 Å². The number of hydrogen-bond donors (Lipinski definition) is 1. The molecule has 0 spiro atoms. The number of nitrogens with one attached hydrogen (secondary N) is 1. The van der Waals surface area contributed by atoms with E-state index in [1.165, 1.54) is 24.1 Å². The van der Waals surface area contributed by atoms with Crippen LogP contribution in [0.25, 0.3) is 0 Å². The Hall–Kier alpha value is -2.42. The second kappa shape index (κ2) is 6.95. The molecule has 1 aliphatic carbocycles. The second-order valence-electron chi connectivity index (χ2n) is 7.08. The molecule has 0 bridgehead atoms. The highest BCUT2D eigenvalue weighted by atomic mass is 32.2. The number of hydrogen-bond acceptors (Lipinski definition) is 6. The van der Waals surface area contributed by atoms with Gasteiger partial charge in [0.1, 0.15) is 5.41 Å². The van der Waals surface area contributed by atoms with Gasteiger partial charge in [0, 0.05) is 18.8 Å². The Labute approximate surface area is 157 Å². The number of esters is 1. The lowest BCUT2D eigenvalue weighted by atomic mass is 10.0. The molecular formula is C18H22N2O6S. The summed E-state index contributed by atoms with van der Waals surface area (Å²) in [6, 6.07) is 5.80. The summed E-state index contributed by atoms with van der Waals surface area (Å²) in [6.07, 6.45) is 1.26. The monoisotopic (exact) mass is 394 g/mol. The van der Waals surface area contributed by atoms with Gasteiger partial charge in [0.05, 0.1) is 24.2 Å². The van der Waals surface area contributed by atoms with Gasteiger partial charge in [-0.15, -0.1) is 0 Å². The fourth-order valence-corrected chi connectivity index (χ4v) is 5.08. The molecule has 1 unspecified atom stereocenters. The second-order valence-corrected chi connectivity index (χ2v) is 9.31. The van der Waals surface area contributed by atoms with Gasteiger partial charge in [0.2, 0.25) is 11.8 Å². The maximum absolute atomic E-state index is 12.8. The predicted molar refractivity (Wildman–Crippen MR) is 97.9 cm³/mol. The van der Waals surface area contributed by atoms with E-state index in [2.05, 4.69) is 10.1 Å². The van der Waals surface area contributed by atoms with Gasteiger partial charge in [-0.05, 0) is 43.5 Å². The van der Waals surface area contributed by atoms with Crippen LogP contribution in [-0.2, 0) is 24.2 Å². The van der Waals surface area contributed by atoms with Crippen LogP contribution in [0, 0.1) is 5.41 Å². The lowest BCUT2D eigenvalue weighted by Crippen LogP contribution is -2.46. The van der Waals surface area contributed by atoms with Gasteiger partial charge >= 0.3 is 5.97 Å². The SMILES string of the molecule is COC(=O)c1ccc(NC(=O)C2(C(=O)N(C)C3CCS(=O)(=O)C3)CC2)cc1. The number of carbonyl (C=O) groups excluding carboxylic acids is 3. The molecule has 2 aliphatic rings. The van der Waals surface area contributed by atoms with Gasteiger partial charge < -0.3 is 15.0 Å². The highest BCUT2D eigenvalue weighted by molar-refractivity contribution is 7.91. The van der Waals surface area contributed by atoms with Crippen LogP contribution in [0.5, 0.6) is 0 Å². The number of ether oxygens (including phenoxy) is 1. The standard InChI is InChI=1S/C18H22N2O6S/c1-20(14-7-10-27(24,25)11-14)17(23)18(8-9-18)16(22)19-13-5-3-12(4-6-13)15(21)26-2/h3-6,14H,7-11H2,1-2H3,(H,19,22). The summed E-state index contributed by atoms with van der Waals surface area (Å²) in [5, 5.41) is 2.71. The summed E-state index contributed by atoms with van der Waals surface area (Å²) < 4.78 is 27.9. The number of benzene rings is 1. The molecule has 1 aromatic rings. The van der Waals surface area contributed by atoms with Gasteiger partial charge in [0.25, 0.3) is 0 Å². The summed E-state index contributed by atoms with van der Waals surface area (Å²) in [4.78, 5) is 38.4. The van der Waals surface area contributed by atoms with Crippen LogP contribution in [0.3, 0.4) is 0 Å². The zero-order valence-electron chi connectivity index (χ0n) is 15.2. The van der Waals surface area contributed by atoms with Crippen LogP contribution in [0.2, 0.25) is 0 Å². The van der Waals surface area contributed by atoms with E-state index in [4.69, 9.17) is 0 Å². The molecule has 8 nitrogen and oxygen atoms in total. The minimum absolute atomic E-state index is 0.0536. The number of sulfone groups is 1. The Morgan fingerprint density at radius 1 is 1.19 bits per heavy atom. The molecular weight excluding hydrogens is 372 g/mol. The Balaban J connectivity index is 1.67. The molecule has 1 saturated heterocycles. The Morgan fingerprint density at radius 3 is 2.30 bits per heavy atom. The average Bonchev–Trinajstić information content (AvgIpc) is 3.38. The molecule has 1 heterocycles. The number of rotatable bonds is 5. The molecule has 1 aliphatic heterocycles. The summed E-state index contributed by atoms with van der Waals surface area (Å²) in [5.74, 6) is -1.21. The number of carbonyl (C=O) groups is 3. The Morgan fingerprint density at radius 2 is 1.81 bits per heavy atom. The molecule has 2 fully saturated rings. The first kappa shape index (κ1) is 19.3. The van der Waals surface area contributed by atoms with E-state index in [0.717, 1.165) is 0 Å². The third-order valence-corrected chi connectivity index (χ3v) is 6.98. The van der Waals surface area contributed by atoms with Crippen LogP contribution in [0.15, 0.2) is 24.3 Å². The van der Waals surface area contributed by atoms with Crippen molar-refractivity contribution in [3.63, 3.8) is 0 Å². The van der Waals surface area contributed by atoms with Crippen LogP contribution in [-0.4, -0.2) is 62.8 Å². The average molecular weight is 394 g/mol. The van der Waals surface area contributed by atoms with E-state index in [0.29, 0.717) is 30.5 Å². The largest absolute Gasteiger partial charge is 0.465 e. The lowest BCUT2D eigenvalue weighted by molar-refractivity contribution is -0.142. The molecule has 1 atom stereocenters. The molecule has 1 aromatic carbocycles. The highest BCUT2D eigenvalue weighted by Gasteiger charge is 2.58. The maximum Gasteiger partial charge on any atom is 0.337 e. The number of amides is 2. The molecule has 9 heteroatoms. The van der Waals surface area contributed by atoms with Gasteiger partial charge in [-0.25, -0.2) is 13.2 Å². The van der Waals surface area contributed by atoms with Crippen molar-refractivity contribution in [2.45, 2.75) is 25.3 Å². The lowest BCUT2D eigenvalue weighted by Gasteiger charge is -2.27. The van der Waals surface area contributed by atoms with Gasteiger partial charge in [0.15, 0.2) is 9.84 Å². The highest BCUT2D eigenvalue weighted by Crippen LogP contribution is 2.48. The first-order valence-electron chi connectivity index (χ1n) is 8.66. The zero-order valence-corrected chi connectivity index (χ0v) is 16.0. The Kier molecular flexibility index (Phi) is 4.98. The summed E-state index contributed by atoms with van der Waals surface area (Å²) in [5.41, 5.74) is -0.310. The van der Waals surface area contributed by atoms with Crippen LogP contribution < -0.4 is 5.32 Å².